The molecule has 1 fully saturated rings. The molecule has 0 spiro atoms. The van der Waals surface area contributed by atoms with Crippen LogP contribution in [0.3, 0.4) is 0 Å². The lowest BCUT2D eigenvalue weighted by molar-refractivity contribution is 0.0623. The topological polar surface area (TPSA) is 46.1 Å². The number of rotatable bonds is 1. The highest BCUT2D eigenvalue weighted by molar-refractivity contribution is 5.97. The number of benzene rings is 1. The minimum Gasteiger partial charge on any atom is -0.338 e. The van der Waals surface area contributed by atoms with Crippen molar-refractivity contribution in [3.05, 3.63) is 36.2 Å². The van der Waals surface area contributed by atoms with Crippen molar-refractivity contribution in [1.29, 1.82) is 0 Å². The van der Waals surface area contributed by atoms with Crippen molar-refractivity contribution >= 4 is 16.9 Å². The highest BCUT2D eigenvalue weighted by Gasteiger charge is 2.26. The van der Waals surface area contributed by atoms with Gasteiger partial charge < -0.3 is 4.90 Å². The van der Waals surface area contributed by atoms with E-state index in [1.54, 1.807) is 12.4 Å². The molecular weight excluding hydrogens is 250 g/mol. The number of piperidine rings is 1. The molecule has 0 N–H and O–H groups in total. The summed E-state index contributed by atoms with van der Waals surface area (Å²) in [5.74, 6) is 1.25. The van der Waals surface area contributed by atoms with Gasteiger partial charge >= 0.3 is 0 Å². The number of hydrogen-bond acceptors (Lipinski definition) is 3. The maximum atomic E-state index is 12.6. The van der Waals surface area contributed by atoms with Crippen molar-refractivity contribution in [3.8, 4) is 0 Å². The number of fused-ring (bicyclic) bond motifs is 1. The third kappa shape index (κ3) is 2.50. The van der Waals surface area contributed by atoms with E-state index >= 15 is 0 Å². The predicted molar refractivity (Wildman–Crippen MR) is 78.4 cm³/mol. The molecule has 0 bridgehead atoms. The Balaban J connectivity index is 1.88. The lowest BCUT2D eigenvalue weighted by Crippen LogP contribution is -2.42. The molecule has 1 aliphatic rings. The van der Waals surface area contributed by atoms with Crippen LogP contribution in [0.25, 0.3) is 11.0 Å². The Labute approximate surface area is 118 Å². The molecule has 1 aromatic carbocycles. The Morgan fingerprint density at radius 2 is 1.75 bits per heavy atom. The van der Waals surface area contributed by atoms with E-state index in [0.717, 1.165) is 24.1 Å². The zero-order chi connectivity index (χ0) is 14.1. The Morgan fingerprint density at radius 3 is 2.45 bits per heavy atom. The van der Waals surface area contributed by atoms with Gasteiger partial charge in [0.15, 0.2) is 0 Å². The number of likely N-dealkylation sites (tertiary alicyclic amines) is 1. The van der Waals surface area contributed by atoms with Gasteiger partial charge in [0.2, 0.25) is 0 Å². The second-order valence-electron chi connectivity index (χ2n) is 5.92. The molecule has 2 unspecified atom stereocenters. The molecule has 0 aliphatic carbocycles. The van der Waals surface area contributed by atoms with Gasteiger partial charge in [-0.15, -0.1) is 0 Å². The lowest BCUT2D eigenvalue weighted by Gasteiger charge is -2.35. The average Bonchev–Trinajstić information content (AvgIpc) is 2.45. The molecule has 1 aromatic heterocycles. The van der Waals surface area contributed by atoms with Crippen molar-refractivity contribution in [2.75, 3.05) is 13.1 Å². The molecule has 2 aromatic rings. The van der Waals surface area contributed by atoms with Crippen molar-refractivity contribution in [2.45, 2.75) is 20.3 Å². The standard InChI is InChI=1S/C16H19N3O/c1-11-7-12(2)10-19(9-11)16(20)13-3-4-14-15(8-13)18-6-5-17-14/h3-6,8,11-12H,7,9-10H2,1-2H3. The summed E-state index contributed by atoms with van der Waals surface area (Å²) >= 11 is 0. The van der Waals surface area contributed by atoms with Gasteiger partial charge in [-0.1, -0.05) is 13.8 Å². The fourth-order valence-corrected chi connectivity index (χ4v) is 3.11. The first kappa shape index (κ1) is 13.0. The van der Waals surface area contributed by atoms with Crippen LogP contribution in [0.15, 0.2) is 30.6 Å². The van der Waals surface area contributed by atoms with Crippen molar-refractivity contribution in [2.24, 2.45) is 11.8 Å². The summed E-state index contributed by atoms with van der Waals surface area (Å²) in [6.45, 7) is 6.12. The lowest BCUT2D eigenvalue weighted by atomic mass is 9.91. The second kappa shape index (κ2) is 5.19. The molecule has 4 nitrogen and oxygen atoms in total. The number of amides is 1. The van der Waals surface area contributed by atoms with E-state index in [0.29, 0.717) is 17.4 Å². The van der Waals surface area contributed by atoms with E-state index < -0.39 is 0 Å². The zero-order valence-electron chi connectivity index (χ0n) is 11.9. The Bertz CT molecular complexity index is 630. The molecule has 3 rings (SSSR count). The maximum absolute atomic E-state index is 12.6. The molecule has 2 heterocycles. The summed E-state index contributed by atoms with van der Waals surface area (Å²) < 4.78 is 0. The molecule has 20 heavy (non-hydrogen) atoms. The largest absolute Gasteiger partial charge is 0.338 e. The number of carbonyl (C=O) groups excluding carboxylic acids is 1. The first-order valence-electron chi connectivity index (χ1n) is 7.13. The van der Waals surface area contributed by atoms with Crippen LogP contribution in [0.4, 0.5) is 0 Å². The van der Waals surface area contributed by atoms with E-state index in [2.05, 4.69) is 23.8 Å². The smallest absolute Gasteiger partial charge is 0.253 e. The third-order valence-corrected chi connectivity index (χ3v) is 3.87. The van der Waals surface area contributed by atoms with E-state index in [9.17, 15) is 4.79 Å². The summed E-state index contributed by atoms with van der Waals surface area (Å²) in [6, 6.07) is 5.56. The number of nitrogens with zero attached hydrogens (tertiary/aromatic N) is 3. The van der Waals surface area contributed by atoms with Gasteiger partial charge in [-0.05, 0) is 36.5 Å². The minimum atomic E-state index is 0.107. The van der Waals surface area contributed by atoms with Gasteiger partial charge in [-0.25, -0.2) is 0 Å². The Morgan fingerprint density at radius 1 is 1.10 bits per heavy atom. The molecule has 1 saturated heterocycles. The Kier molecular flexibility index (Phi) is 3.38. The molecular formula is C16H19N3O. The summed E-state index contributed by atoms with van der Waals surface area (Å²) in [5.41, 5.74) is 2.31. The quantitative estimate of drug-likeness (QED) is 0.799. The molecule has 4 heteroatoms. The maximum Gasteiger partial charge on any atom is 0.253 e. The normalized spacial score (nSPS) is 23.0. The van der Waals surface area contributed by atoms with E-state index in [1.165, 1.54) is 6.42 Å². The Hall–Kier alpha value is -1.97. The second-order valence-corrected chi connectivity index (χ2v) is 5.92. The van der Waals surface area contributed by atoms with Crippen molar-refractivity contribution in [1.82, 2.24) is 14.9 Å². The highest BCUT2D eigenvalue weighted by Crippen LogP contribution is 2.23. The van der Waals surface area contributed by atoms with E-state index in [1.807, 2.05) is 23.1 Å². The fourth-order valence-electron chi connectivity index (χ4n) is 3.11. The van der Waals surface area contributed by atoms with Gasteiger partial charge in [0.25, 0.3) is 5.91 Å². The molecule has 1 amide bonds. The third-order valence-electron chi connectivity index (χ3n) is 3.87. The number of hydrogen-bond donors (Lipinski definition) is 0. The first-order chi connectivity index (χ1) is 9.63. The van der Waals surface area contributed by atoms with Crippen LogP contribution in [0.1, 0.15) is 30.6 Å². The van der Waals surface area contributed by atoms with Gasteiger partial charge in [0, 0.05) is 31.0 Å². The summed E-state index contributed by atoms with van der Waals surface area (Å²) in [5, 5.41) is 0. The van der Waals surface area contributed by atoms with E-state index in [-0.39, 0.29) is 5.91 Å². The van der Waals surface area contributed by atoms with Crippen LogP contribution in [0.5, 0.6) is 0 Å². The average molecular weight is 269 g/mol. The van der Waals surface area contributed by atoms with Crippen LogP contribution in [0, 0.1) is 11.8 Å². The zero-order valence-corrected chi connectivity index (χ0v) is 11.9. The monoisotopic (exact) mass is 269 g/mol. The minimum absolute atomic E-state index is 0.107. The highest BCUT2D eigenvalue weighted by atomic mass is 16.2. The van der Waals surface area contributed by atoms with Crippen molar-refractivity contribution in [3.63, 3.8) is 0 Å². The van der Waals surface area contributed by atoms with E-state index in [4.69, 9.17) is 0 Å². The van der Waals surface area contributed by atoms with Gasteiger partial charge in [0.1, 0.15) is 0 Å². The molecule has 0 radical (unpaired) electrons. The molecule has 104 valence electrons. The summed E-state index contributed by atoms with van der Waals surface area (Å²) in [6.07, 6.45) is 4.52. The van der Waals surface area contributed by atoms with Crippen molar-refractivity contribution < 1.29 is 4.79 Å². The van der Waals surface area contributed by atoms with Crippen LogP contribution >= 0.6 is 0 Å². The number of carbonyl (C=O) groups is 1. The summed E-state index contributed by atoms with van der Waals surface area (Å²) in [7, 11) is 0. The van der Waals surface area contributed by atoms with Crippen LogP contribution < -0.4 is 0 Å². The predicted octanol–water partition coefficient (Wildman–Crippen LogP) is 2.75. The summed E-state index contributed by atoms with van der Waals surface area (Å²) in [4.78, 5) is 23.1. The van der Waals surface area contributed by atoms with Crippen LogP contribution in [0.2, 0.25) is 0 Å². The van der Waals surface area contributed by atoms with Gasteiger partial charge in [0.05, 0.1) is 11.0 Å². The van der Waals surface area contributed by atoms with Gasteiger partial charge in [-0.3, -0.25) is 14.8 Å². The van der Waals surface area contributed by atoms with Crippen LogP contribution in [-0.2, 0) is 0 Å². The van der Waals surface area contributed by atoms with Gasteiger partial charge in [-0.2, -0.15) is 0 Å². The SMILES string of the molecule is CC1CC(C)CN(C(=O)c2ccc3nccnc3c2)C1. The molecule has 1 aliphatic heterocycles. The number of aromatic nitrogens is 2. The van der Waals surface area contributed by atoms with Crippen LogP contribution in [-0.4, -0.2) is 33.9 Å². The fraction of sp³-hybridized carbons (Fsp3) is 0.438. The molecule has 2 atom stereocenters. The molecule has 0 saturated carbocycles. The first-order valence-corrected chi connectivity index (χ1v) is 7.13.